The van der Waals surface area contributed by atoms with Crippen LogP contribution in [0.3, 0.4) is 0 Å². The first-order chi connectivity index (χ1) is 9.06. The Morgan fingerprint density at radius 1 is 1.26 bits per heavy atom. The van der Waals surface area contributed by atoms with E-state index in [0.717, 1.165) is 31.7 Å². The zero-order valence-electron chi connectivity index (χ0n) is 11.6. The highest BCUT2D eigenvalue weighted by atomic mass is 19.1. The van der Waals surface area contributed by atoms with Gasteiger partial charge in [0.1, 0.15) is 11.6 Å². The zero-order valence-corrected chi connectivity index (χ0v) is 11.6. The second kappa shape index (κ2) is 8.18. The van der Waals surface area contributed by atoms with Crippen LogP contribution in [0, 0.1) is 11.7 Å². The Morgan fingerprint density at radius 2 is 2.00 bits per heavy atom. The smallest absolute Gasteiger partial charge is 0.488 e. The first-order valence-electron chi connectivity index (χ1n) is 6.86. The Morgan fingerprint density at radius 3 is 2.58 bits per heavy atom. The van der Waals surface area contributed by atoms with Crippen LogP contribution in [-0.4, -0.2) is 23.8 Å². The molecule has 0 aliphatic heterocycles. The number of halogens is 1. The third-order valence-corrected chi connectivity index (χ3v) is 3.22. The third kappa shape index (κ3) is 5.62. The van der Waals surface area contributed by atoms with Gasteiger partial charge in [0.05, 0.1) is 6.61 Å². The monoisotopic (exact) mass is 268 g/mol. The average molecular weight is 268 g/mol. The van der Waals surface area contributed by atoms with Crippen molar-refractivity contribution in [2.24, 2.45) is 5.92 Å². The van der Waals surface area contributed by atoms with E-state index in [1.54, 1.807) is 0 Å². The highest BCUT2D eigenvalue weighted by Crippen LogP contribution is 2.17. The van der Waals surface area contributed by atoms with E-state index in [9.17, 15) is 4.39 Å². The predicted octanol–water partition coefficient (Wildman–Crippen LogP) is 2.10. The van der Waals surface area contributed by atoms with E-state index >= 15 is 0 Å². The molecule has 0 fully saturated rings. The van der Waals surface area contributed by atoms with E-state index in [2.05, 4.69) is 13.8 Å². The fraction of sp³-hybridized carbons (Fsp3) is 0.571. The molecule has 1 aromatic carbocycles. The first-order valence-corrected chi connectivity index (χ1v) is 6.86. The summed E-state index contributed by atoms with van der Waals surface area (Å²) in [5, 5.41) is 18.1. The van der Waals surface area contributed by atoms with Gasteiger partial charge in [-0.1, -0.05) is 33.1 Å². The molecule has 0 amide bonds. The number of ether oxygens (including phenoxy) is 1. The van der Waals surface area contributed by atoms with Gasteiger partial charge in [0.15, 0.2) is 0 Å². The van der Waals surface area contributed by atoms with Crippen LogP contribution in [0.2, 0.25) is 0 Å². The summed E-state index contributed by atoms with van der Waals surface area (Å²) in [5.41, 5.74) is 0.108. The third-order valence-electron chi connectivity index (χ3n) is 3.22. The predicted molar refractivity (Wildman–Crippen MR) is 75.0 cm³/mol. The molecule has 0 radical (unpaired) electrons. The fourth-order valence-corrected chi connectivity index (χ4v) is 1.93. The molecular formula is C14H22BFO3. The molecule has 0 aromatic heterocycles. The minimum atomic E-state index is -1.68. The molecule has 5 heteroatoms. The number of benzene rings is 1. The zero-order chi connectivity index (χ0) is 14.3. The van der Waals surface area contributed by atoms with Crippen molar-refractivity contribution in [2.45, 2.75) is 39.5 Å². The second-order valence-corrected chi connectivity index (χ2v) is 4.82. The van der Waals surface area contributed by atoms with Crippen molar-refractivity contribution in [3.63, 3.8) is 0 Å². The van der Waals surface area contributed by atoms with Gasteiger partial charge in [-0.15, -0.1) is 0 Å². The largest absolute Gasteiger partial charge is 0.493 e. The maximum Gasteiger partial charge on any atom is 0.488 e. The minimum Gasteiger partial charge on any atom is -0.493 e. The van der Waals surface area contributed by atoms with E-state index in [4.69, 9.17) is 14.8 Å². The van der Waals surface area contributed by atoms with Crippen molar-refractivity contribution in [3.8, 4) is 5.75 Å². The van der Waals surface area contributed by atoms with E-state index in [1.807, 2.05) is 0 Å². The SMILES string of the molecule is CCCCC(CC)COc1cc(F)cc(B(O)O)c1. The summed E-state index contributed by atoms with van der Waals surface area (Å²) in [5.74, 6) is 0.269. The Balaban J connectivity index is 2.60. The fourth-order valence-electron chi connectivity index (χ4n) is 1.93. The van der Waals surface area contributed by atoms with Crippen LogP contribution in [0.15, 0.2) is 18.2 Å². The van der Waals surface area contributed by atoms with Crippen molar-refractivity contribution in [2.75, 3.05) is 6.61 Å². The van der Waals surface area contributed by atoms with Crippen molar-refractivity contribution in [1.82, 2.24) is 0 Å². The molecule has 0 saturated carbocycles. The van der Waals surface area contributed by atoms with Crippen molar-refractivity contribution < 1.29 is 19.2 Å². The van der Waals surface area contributed by atoms with Crippen LogP contribution in [0.5, 0.6) is 5.75 Å². The van der Waals surface area contributed by atoms with Gasteiger partial charge in [-0.05, 0) is 29.9 Å². The lowest BCUT2D eigenvalue weighted by Crippen LogP contribution is -2.30. The lowest BCUT2D eigenvalue weighted by molar-refractivity contribution is 0.232. The Bertz CT molecular complexity index is 385. The summed E-state index contributed by atoms with van der Waals surface area (Å²) in [6.07, 6.45) is 4.42. The Hall–Kier alpha value is -1.07. The Kier molecular flexibility index (Phi) is 6.88. The molecule has 1 atom stereocenters. The van der Waals surface area contributed by atoms with Gasteiger partial charge in [0.2, 0.25) is 0 Å². The van der Waals surface area contributed by atoms with E-state index < -0.39 is 12.9 Å². The highest BCUT2D eigenvalue weighted by molar-refractivity contribution is 6.58. The van der Waals surface area contributed by atoms with Crippen molar-refractivity contribution in [1.29, 1.82) is 0 Å². The molecule has 1 unspecified atom stereocenters. The summed E-state index contributed by atoms with van der Waals surface area (Å²) in [6.45, 7) is 4.79. The standard InChI is InChI=1S/C14H22BFO3/c1-3-5-6-11(4-2)10-19-14-8-12(15(17)18)7-13(16)9-14/h7-9,11,17-18H,3-6,10H2,1-2H3. The second-order valence-electron chi connectivity index (χ2n) is 4.82. The van der Waals surface area contributed by atoms with Gasteiger partial charge < -0.3 is 14.8 Å². The molecule has 3 nitrogen and oxygen atoms in total. The average Bonchev–Trinajstić information content (AvgIpc) is 2.38. The van der Waals surface area contributed by atoms with Gasteiger partial charge in [0.25, 0.3) is 0 Å². The van der Waals surface area contributed by atoms with Crippen LogP contribution >= 0.6 is 0 Å². The molecule has 0 spiro atoms. The van der Waals surface area contributed by atoms with Crippen LogP contribution in [-0.2, 0) is 0 Å². The molecular weight excluding hydrogens is 246 g/mol. The highest BCUT2D eigenvalue weighted by Gasteiger charge is 2.14. The minimum absolute atomic E-state index is 0.108. The van der Waals surface area contributed by atoms with Gasteiger partial charge in [-0.25, -0.2) is 4.39 Å². The van der Waals surface area contributed by atoms with Gasteiger partial charge in [-0.2, -0.15) is 0 Å². The van der Waals surface area contributed by atoms with Crippen molar-refractivity contribution >= 4 is 12.6 Å². The maximum atomic E-state index is 13.3. The Labute approximate surface area is 114 Å². The molecule has 0 aliphatic rings. The molecule has 106 valence electrons. The maximum absolute atomic E-state index is 13.3. The van der Waals surface area contributed by atoms with Crippen LogP contribution in [0.1, 0.15) is 39.5 Å². The molecule has 0 saturated heterocycles. The summed E-state index contributed by atoms with van der Waals surface area (Å²) in [7, 11) is -1.68. The van der Waals surface area contributed by atoms with E-state index in [-0.39, 0.29) is 5.46 Å². The topological polar surface area (TPSA) is 49.7 Å². The number of rotatable bonds is 8. The molecule has 2 N–H and O–H groups in total. The van der Waals surface area contributed by atoms with Crippen LogP contribution in [0.4, 0.5) is 4.39 Å². The number of unbranched alkanes of at least 4 members (excludes halogenated alkanes) is 1. The normalized spacial score (nSPS) is 12.3. The van der Waals surface area contributed by atoms with Gasteiger partial charge in [-0.3, -0.25) is 0 Å². The summed E-state index contributed by atoms with van der Waals surface area (Å²) >= 11 is 0. The summed E-state index contributed by atoms with van der Waals surface area (Å²) in [6, 6.07) is 3.81. The van der Waals surface area contributed by atoms with E-state index in [1.165, 1.54) is 12.1 Å². The number of hydrogen-bond donors (Lipinski definition) is 2. The van der Waals surface area contributed by atoms with Gasteiger partial charge in [0, 0.05) is 6.07 Å². The molecule has 0 heterocycles. The summed E-state index contributed by atoms with van der Waals surface area (Å²) in [4.78, 5) is 0. The molecule has 1 aromatic rings. The lowest BCUT2D eigenvalue weighted by Gasteiger charge is -2.16. The summed E-state index contributed by atoms with van der Waals surface area (Å²) < 4.78 is 18.9. The first kappa shape index (κ1) is 16.0. The lowest BCUT2D eigenvalue weighted by atomic mass is 9.80. The van der Waals surface area contributed by atoms with Gasteiger partial charge >= 0.3 is 7.12 Å². The van der Waals surface area contributed by atoms with E-state index in [0.29, 0.717) is 18.3 Å². The van der Waals surface area contributed by atoms with Crippen molar-refractivity contribution in [3.05, 3.63) is 24.0 Å². The van der Waals surface area contributed by atoms with Crippen LogP contribution < -0.4 is 10.2 Å². The number of hydrogen-bond acceptors (Lipinski definition) is 3. The molecule has 1 rings (SSSR count). The van der Waals surface area contributed by atoms with Crippen LogP contribution in [0.25, 0.3) is 0 Å². The quantitative estimate of drug-likeness (QED) is 0.710. The molecule has 19 heavy (non-hydrogen) atoms. The molecule has 0 bridgehead atoms. The molecule has 0 aliphatic carbocycles.